The van der Waals surface area contributed by atoms with Gasteiger partial charge in [0.15, 0.2) is 17.9 Å². The number of rotatable bonds is 8. The second-order valence-electron chi connectivity index (χ2n) is 12.0. The molecule has 1 heterocycles. The van der Waals surface area contributed by atoms with Crippen LogP contribution >= 0.6 is 0 Å². The Morgan fingerprint density at radius 1 is 1.00 bits per heavy atom. The third-order valence-corrected chi connectivity index (χ3v) is 9.07. The van der Waals surface area contributed by atoms with Crippen molar-refractivity contribution in [3.05, 3.63) is 87.5 Å². The zero-order valence-electron chi connectivity index (χ0n) is 25.8. The number of nitrogens with one attached hydrogen (secondary N) is 1. The predicted molar refractivity (Wildman–Crippen MR) is 163 cm³/mol. The van der Waals surface area contributed by atoms with Crippen LogP contribution in [0.3, 0.4) is 0 Å². The van der Waals surface area contributed by atoms with Gasteiger partial charge in [0.1, 0.15) is 29.5 Å². The van der Waals surface area contributed by atoms with Crippen LogP contribution in [-0.2, 0) is 25.5 Å². The van der Waals surface area contributed by atoms with Crippen LogP contribution < -0.4 is 10.2 Å². The Hall–Kier alpha value is -4.70. The fourth-order valence-corrected chi connectivity index (χ4v) is 6.59. The van der Waals surface area contributed by atoms with E-state index in [9.17, 15) is 44.7 Å². The summed E-state index contributed by atoms with van der Waals surface area (Å²) in [6, 6.07) is 11.5. The van der Waals surface area contributed by atoms with Crippen LogP contribution in [0.2, 0.25) is 0 Å². The number of carbonyl (C=O) groups is 4. The molecule has 3 aromatic rings. The van der Waals surface area contributed by atoms with E-state index in [-0.39, 0.29) is 40.0 Å². The standard InChI is InChI=1S/C34H33NO13/c1-15-28(38)19(35-48-33(43)16-7-4-3-5-8-16)11-23(46-15)47-21-13-34(44,22(37)14-36)12-18-25(21)32(42)27-26(30(18)40)29(39)17-9-6-10-20(45-2)24(17)31(27)41/h3-10,15,19,21,23,28,35-36,38,40,42,44H,11-14H2,1-2H3/t15?,19?,21-,23?,28?,34-/m0/s1. The van der Waals surface area contributed by atoms with Crippen LogP contribution in [-0.4, -0.2) is 92.7 Å². The highest BCUT2D eigenvalue weighted by atomic mass is 16.7. The number of Topliss-reactive ketones (excluding diaryl/α,β-unsaturated/α-hetero) is 1. The van der Waals surface area contributed by atoms with Gasteiger partial charge in [0.05, 0.1) is 53.7 Å². The van der Waals surface area contributed by atoms with Crippen molar-refractivity contribution < 1.29 is 63.8 Å². The van der Waals surface area contributed by atoms with Gasteiger partial charge in [-0.05, 0) is 25.1 Å². The Labute approximate surface area is 273 Å². The molecular weight excluding hydrogens is 630 g/mol. The number of aliphatic hydroxyl groups excluding tert-OH is 2. The zero-order chi connectivity index (χ0) is 34.5. The molecule has 6 atom stereocenters. The second-order valence-corrected chi connectivity index (χ2v) is 12.0. The van der Waals surface area contributed by atoms with E-state index in [4.69, 9.17) is 19.0 Å². The molecule has 3 aromatic carbocycles. The molecule has 0 spiro atoms. The van der Waals surface area contributed by atoms with E-state index in [1.54, 1.807) is 30.3 Å². The lowest BCUT2D eigenvalue weighted by Gasteiger charge is -2.42. The van der Waals surface area contributed by atoms with Gasteiger partial charge in [0.25, 0.3) is 0 Å². The first-order valence-electron chi connectivity index (χ1n) is 15.1. The Bertz CT molecular complexity index is 1810. The van der Waals surface area contributed by atoms with Gasteiger partial charge in [-0.3, -0.25) is 14.4 Å². The number of ether oxygens (including phenoxy) is 3. The summed E-state index contributed by atoms with van der Waals surface area (Å²) in [6.45, 7) is 0.464. The summed E-state index contributed by atoms with van der Waals surface area (Å²) in [4.78, 5) is 58.0. The van der Waals surface area contributed by atoms with Crippen molar-refractivity contribution in [3.63, 3.8) is 0 Å². The van der Waals surface area contributed by atoms with Gasteiger partial charge in [-0.15, -0.1) is 5.48 Å². The fourth-order valence-electron chi connectivity index (χ4n) is 6.59. The first-order chi connectivity index (χ1) is 22.9. The molecule has 0 radical (unpaired) electrons. The van der Waals surface area contributed by atoms with Crippen LogP contribution in [0.4, 0.5) is 0 Å². The maximum atomic E-state index is 13.8. The number of phenols is 2. The van der Waals surface area contributed by atoms with E-state index in [0.717, 1.165) is 0 Å². The maximum Gasteiger partial charge on any atom is 0.356 e. The molecule has 14 heteroatoms. The Morgan fingerprint density at radius 2 is 1.71 bits per heavy atom. The van der Waals surface area contributed by atoms with Crippen LogP contribution in [0, 0.1) is 0 Å². The Balaban J connectivity index is 1.37. The zero-order valence-corrected chi connectivity index (χ0v) is 25.8. The summed E-state index contributed by atoms with van der Waals surface area (Å²) < 4.78 is 17.3. The number of carbonyl (C=O) groups excluding carboxylic acids is 4. The van der Waals surface area contributed by atoms with Crippen molar-refractivity contribution in [2.24, 2.45) is 0 Å². The maximum absolute atomic E-state index is 13.8. The monoisotopic (exact) mass is 663 g/mol. The van der Waals surface area contributed by atoms with Gasteiger partial charge in [-0.2, -0.15) is 0 Å². The third-order valence-electron chi connectivity index (χ3n) is 9.07. The average Bonchev–Trinajstić information content (AvgIpc) is 3.08. The SMILES string of the molecule is COc1cccc2c1C(=O)c1c(O)c3c(c(O)c1C2=O)C[C@@](O)(C(=O)CO)C[C@@H]3OC1CC(NOC(=O)c2ccccc2)C(O)C(C)O1. The van der Waals surface area contributed by atoms with E-state index >= 15 is 0 Å². The van der Waals surface area contributed by atoms with E-state index in [1.165, 1.54) is 32.2 Å². The summed E-state index contributed by atoms with van der Waals surface area (Å²) in [6.07, 6.45) is -6.07. The quantitative estimate of drug-likeness (QED) is 0.116. The molecule has 0 aromatic heterocycles. The van der Waals surface area contributed by atoms with Crippen LogP contribution in [0.25, 0.3) is 0 Å². The van der Waals surface area contributed by atoms with Crippen LogP contribution in [0.15, 0.2) is 48.5 Å². The number of benzene rings is 3. The topological polar surface area (TPSA) is 218 Å². The van der Waals surface area contributed by atoms with Crippen molar-refractivity contribution >= 4 is 23.3 Å². The van der Waals surface area contributed by atoms with Gasteiger partial charge in [0.2, 0.25) is 5.78 Å². The number of hydroxylamine groups is 1. The number of aliphatic hydroxyl groups is 3. The number of hydrogen-bond acceptors (Lipinski definition) is 14. The number of ketones is 3. The lowest BCUT2D eigenvalue weighted by atomic mass is 9.72. The molecule has 4 unspecified atom stereocenters. The molecular formula is C34H33NO13. The summed E-state index contributed by atoms with van der Waals surface area (Å²) in [5.74, 6) is -4.74. The summed E-state index contributed by atoms with van der Waals surface area (Å²) in [7, 11) is 1.31. The largest absolute Gasteiger partial charge is 0.507 e. The van der Waals surface area contributed by atoms with E-state index in [0.29, 0.717) is 0 Å². The van der Waals surface area contributed by atoms with Gasteiger partial charge < -0.3 is 44.6 Å². The van der Waals surface area contributed by atoms with Crippen molar-refractivity contribution in [3.8, 4) is 17.2 Å². The molecule has 252 valence electrons. The normalized spacial score (nSPS) is 26.2. The smallest absolute Gasteiger partial charge is 0.356 e. The molecule has 0 bridgehead atoms. The van der Waals surface area contributed by atoms with Gasteiger partial charge in [-0.25, -0.2) is 4.79 Å². The minimum atomic E-state index is -2.32. The van der Waals surface area contributed by atoms with Crippen molar-refractivity contribution in [2.75, 3.05) is 13.7 Å². The highest BCUT2D eigenvalue weighted by molar-refractivity contribution is 6.31. The third kappa shape index (κ3) is 5.51. The van der Waals surface area contributed by atoms with E-state index in [2.05, 4.69) is 5.48 Å². The average molecular weight is 664 g/mol. The van der Waals surface area contributed by atoms with Crippen LogP contribution in [0.5, 0.6) is 17.2 Å². The lowest BCUT2D eigenvalue weighted by Crippen LogP contribution is -2.55. The molecule has 1 saturated heterocycles. The summed E-state index contributed by atoms with van der Waals surface area (Å²) in [5, 5.41) is 55.1. The minimum absolute atomic E-state index is 0.0680. The fraction of sp³-hybridized carbons (Fsp3) is 0.353. The second kappa shape index (κ2) is 12.7. The molecule has 2 aliphatic carbocycles. The summed E-state index contributed by atoms with van der Waals surface area (Å²) in [5.41, 5.74) is -1.18. The molecule has 0 amide bonds. The number of hydrogen-bond donors (Lipinski definition) is 6. The number of fused-ring (bicyclic) bond motifs is 3. The van der Waals surface area contributed by atoms with Gasteiger partial charge >= 0.3 is 5.97 Å². The van der Waals surface area contributed by atoms with Crippen molar-refractivity contribution in [1.29, 1.82) is 0 Å². The first-order valence-corrected chi connectivity index (χ1v) is 15.1. The molecule has 1 aliphatic heterocycles. The summed E-state index contributed by atoms with van der Waals surface area (Å²) >= 11 is 0. The number of methoxy groups -OCH3 is 1. The predicted octanol–water partition coefficient (Wildman–Crippen LogP) is 1.40. The molecule has 1 fully saturated rings. The number of aromatic hydroxyl groups is 2. The highest BCUT2D eigenvalue weighted by Crippen LogP contribution is 2.52. The van der Waals surface area contributed by atoms with E-state index in [1.807, 2.05) is 0 Å². The first kappa shape index (κ1) is 33.2. The molecule has 48 heavy (non-hydrogen) atoms. The van der Waals surface area contributed by atoms with Crippen molar-refractivity contribution in [2.45, 2.75) is 62.4 Å². The van der Waals surface area contributed by atoms with Crippen LogP contribution in [0.1, 0.15) is 79.2 Å². The van der Waals surface area contributed by atoms with Gasteiger partial charge in [0, 0.05) is 36.0 Å². The molecule has 3 aliphatic rings. The number of phenolic OH excluding ortho intramolecular Hbond substituents is 2. The van der Waals surface area contributed by atoms with Crippen molar-refractivity contribution in [1.82, 2.24) is 5.48 Å². The minimum Gasteiger partial charge on any atom is -0.507 e. The molecule has 6 rings (SSSR count). The molecule has 14 nitrogen and oxygen atoms in total. The Morgan fingerprint density at radius 3 is 2.40 bits per heavy atom. The molecule has 0 saturated carbocycles. The highest BCUT2D eigenvalue weighted by Gasteiger charge is 2.50. The molecule has 6 N–H and O–H groups in total. The van der Waals surface area contributed by atoms with Gasteiger partial charge in [-0.1, -0.05) is 30.3 Å². The van der Waals surface area contributed by atoms with E-state index < -0.39 is 102 Å². The Kier molecular flexibility index (Phi) is 8.80. The lowest BCUT2D eigenvalue weighted by molar-refractivity contribution is -0.255.